The lowest BCUT2D eigenvalue weighted by atomic mass is 10.1. The van der Waals surface area contributed by atoms with Gasteiger partial charge in [0.25, 0.3) is 0 Å². The second-order valence-electron chi connectivity index (χ2n) is 4.48. The van der Waals surface area contributed by atoms with Gasteiger partial charge in [-0.1, -0.05) is 23.7 Å². The molecule has 0 heterocycles. The molecule has 0 saturated carbocycles. The summed E-state index contributed by atoms with van der Waals surface area (Å²) >= 11 is 7.54. The van der Waals surface area contributed by atoms with Gasteiger partial charge in [0, 0.05) is 10.5 Å². The number of benzene rings is 2. The van der Waals surface area contributed by atoms with Crippen LogP contribution >= 0.6 is 23.4 Å². The minimum Gasteiger partial charge on any atom is -0.457 e. The quantitative estimate of drug-likeness (QED) is 0.670. The lowest BCUT2D eigenvalue weighted by Gasteiger charge is -2.08. The smallest absolute Gasteiger partial charge is 0.340 e. The van der Waals surface area contributed by atoms with Crippen LogP contribution < -0.4 is 5.73 Å². The molecule has 2 aromatic rings. The Balaban J connectivity index is 2.05. The third kappa shape index (κ3) is 4.02. The molecule has 6 heteroatoms. The average Bonchev–Trinajstić information content (AvgIpc) is 2.53. The highest BCUT2D eigenvalue weighted by Gasteiger charge is 2.13. The van der Waals surface area contributed by atoms with Crippen molar-refractivity contribution in [1.82, 2.24) is 0 Å². The van der Waals surface area contributed by atoms with E-state index < -0.39 is 11.9 Å². The molecule has 2 aromatic carbocycles. The van der Waals surface area contributed by atoms with E-state index in [1.54, 1.807) is 36.4 Å². The second kappa shape index (κ2) is 7.33. The molecule has 0 aliphatic carbocycles. The van der Waals surface area contributed by atoms with Crippen LogP contribution in [0.4, 0.5) is 0 Å². The van der Waals surface area contributed by atoms with Crippen molar-refractivity contribution >= 4 is 35.2 Å². The predicted molar refractivity (Wildman–Crippen MR) is 87.3 cm³/mol. The van der Waals surface area contributed by atoms with Gasteiger partial charge in [0.1, 0.15) is 6.61 Å². The first-order valence-corrected chi connectivity index (χ1v) is 8.01. The molecule has 2 N–H and O–H groups in total. The van der Waals surface area contributed by atoms with Crippen LogP contribution in [0.5, 0.6) is 0 Å². The Bertz CT molecular complexity index is 701. The summed E-state index contributed by atoms with van der Waals surface area (Å²) in [5.41, 5.74) is 6.67. The zero-order valence-electron chi connectivity index (χ0n) is 11.8. The zero-order chi connectivity index (χ0) is 16.1. The fraction of sp³-hybridized carbons (Fsp3) is 0.125. The van der Waals surface area contributed by atoms with Crippen LogP contribution in [-0.2, 0) is 11.3 Å². The highest BCUT2D eigenvalue weighted by molar-refractivity contribution is 7.98. The maximum atomic E-state index is 12.1. The molecule has 0 bridgehead atoms. The van der Waals surface area contributed by atoms with Crippen LogP contribution in [0.3, 0.4) is 0 Å². The summed E-state index contributed by atoms with van der Waals surface area (Å²) in [5.74, 6) is -0.982. The lowest BCUT2D eigenvalue weighted by Crippen LogP contribution is -2.11. The summed E-state index contributed by atoms with van der Waals surface area (Å²) in [5, 5.41) is 0.354. The molecule has 0 aliphatic rings. The molecule has 4 nitrogen and oxygen atoms in total. The van der Waals surface area contributed by atoms with Crippen molar-refractivity contribution in [3.63, 3.8) is 0 Å². The van der Waals surface area contributed by atoms with Crippen molar-refractivity contribution in [3.8, 4) is 0 Å². The maximum absolute atomic E-state index is 12.1. The third-order valence-electron chi connectivity index (χ3n) is 3.00. The van der Waals surface area contributed by atoms with Crippen LogP contribution in [-0.4, -0.2) is 18.1 Å². The summed E-state index contributed by atoms with van der Waals surface area (Å²) in [6, 6.07) is 11.8. The van der Waals surface area contributed by atoms with Crippen LogP contribution in [0.25, 0.3) is 0 Å². The van der Waals surface area contributed by atoms with Gasteiger partial charge < -0.3 is 10.5 Å². The molecule has 0 aromatic heterocycles. The maximum Gasteiger partial charge on any atom is 0.340 e. The van der Waals surface area contributed by atoms with Crippen molar-refractivity contribution in [3.05, 3.63) is 64.2 Å². The number of primary amides is 1. The topological polar surface area (TPSA) is 69.4 Å². The fourth-order valence-corrected chi connectivity index (χ4v) is 2.41. The number of thioether (sulfide) groups is 1. The van der Waals surface area contributed by atoms with E-state index in [2.05, 4.69) is 0 Å². The van der Waals surface area contributed by atoms with Crippen LogP contribution in [0.2, 0.25) is 5.02 Å². The number of hydrogen-bond donors (Lipinski definition) is 1. The first-order chi connectivity index (χ1) is 10.5. The molecular weight excluding hydrogens is 322 g/mol. The number of hydrogen-bond acceptors (Lipinski definition) is 4. The van der Waals surface area contributed by atoms with Crippen molar-refractivity contribution in [1.29, 1.82) is 0 Å². The average molecular weight is 336 g/mol. The van der Waals surface area contributed by atoms with Gasteiger partial charge in [-0.05, 0) is 42.2 Å². The van der Waals surface area contributed by atoms with Crippen molar-refractivity contribution in [2.24, 2.45) is 5.73 Å². The minimum absolute atomic E-state index is 0.0949. The largest absolute Gasteiger partial charge is 0.457 e. The van der Waals surface area contributed by atoms with E-state index in [0.717, 1.165) is 10.5 Å². The standard InChI is InChI=1S/C16H14ClNO3S/c1-22-12-6-7-14(17)13(8-12)16(20)21-9-10-2-4-11(5-3-10)15(18)19/h2-8H,9H2,1H3,(H2,18,19). The highest BCUT2D eigenvalue weighted by atomic mass is 35.5. The molecule has 0 fully saturated rings. The Labute approximate surface area is 137 Å². The van der Waals surface area contributed by atoms with Crippen molar-refractivity contribution in [2.75, 3.05) is 6.26 Å². The number of esters is 1. The van der Waals surface area contributed by atoms with Crippen molar-refractivity contribution < 1.29 is 14.3 Å². The molecule has 0 radical (unpaired) electrons. The number of nitrogens with two attached hydrogens (primary N) is 1. The van der Waals surface area contributed by atoms with Gasteiger partial charge in [-0.3, -0.25) is 4.79 Å². The molecule has 0 atom stereocenters. The van der Waals surface area contributed by atoms with Crippen LogP contribution in [0, 0.1) is 0 Å². The van der Waals surface area contributed by atoms with Gasteiger partial charge in [0.05, 0.1) is 10.6 Å². The number of halogens is 1. The predicted octanol–water partition coefficient (Wildman–Crippen LogP) is 3.52. The third-order valence-corrected chi connectivity index (χ3v) is 4.06. The number of amides is 1. The number of carbonyl (C=O) groups is 2. The Hall–Kier alpha value is -1.98. The van der Waals surface area contributed by atoms with Crippen molar-refractivity contribution in [2.45, 2.75) is 11.5 Å². The van der Waals surface area contributed by atoms with E-state index in [1.165, 1.54) is 11.8 Å². The molecular formula is C16H14ClNO3S. The first kappa shape index (κ1) is 16.4. The van der Waals surface area contributed by atoms with E-state index in [-0.39, 0.29) is 6.61 Å². The molecule has 0 unspecified atom stereocenters. The van der Waals surface area contributed by atoms with Gasteiger partial charge in [-0.25, -0.2) is 4.79 Å². The first-order valence-electron chi connectivity index (χ1n) is 6.40. The Kier molecular flexibility index (Phi) is 5.46. The van der Waals surface area contributed by atoms with E-state index in [1.807, 2.05) is 12.3 Å². The summed E-state index contributed by atoms with van der Waals surface area (Å²) in [4.78, 5) is 24.0. The zero-order valence-corrected chi connectivity index (χ0v) is 13.4. The van der Waals surface area contributed by atoms with E-state index in [0.29, 0.717) is 16.1 Å². The summed E-state index contributed by atoms with van der Waals surface area (Å²) in [6.45, 7) is 0.0949. The Morgan fingerprint density at radius 1 is 1.18 bits per heavy atom. The molecule has 0 aliphatic heterocycles. The fourth-order valence-electron chi connectivity index (χ4n) is 1.78. The van der Waals surface area contributed by atoms with Crippen LogP contribution in [0.1, 0.15) is 26.3 Å². The molecule has 22 heavy (non-hydrogen) atoms. The molecule has 0 spiro atoms. The van der Waals surface area contributed by atoms with Gasteiger partial charge >= 0.3 is 5.97 Å². The van der Waals surface area contributed by atoms with E-state index in [9.17, 15) is 9.59 Å². The second-order valence-corrected chi connectivity index (χ2v) is 5.77. The lowest BCUT2D eigenvalue weighted by molar-refractivity contribution is 0.0472. The van der Waals surface area contributed by atoms with E-state index in [4.69, 9.17) is 22.1 Å². The Morgan fingerprint density at radius 2 is 1.86 bits per heavy atom. The Morgan fingerprint density at radius 3 is 2.45 bits per heavy atom. The van der Waals surface area contributed by atoms with Gasteiger partial charge in [0.15, 0.2) is 0 Å². The normalized spacial score (nSPS) is 10.3. The highest BCUT2D eigenvalue weighted by Crippen LogP contribution is 2.24. The summed E-state index contributed by atoms with van der Waals surface area (Å²) in [7, 11) is 0. The molecule has 2 rings (SSSR count). The van der Waals surface area contributed by atoms with E-state index >= 15 is 0 Å². The summed E-state index contributed by atoms with van der Waals surface area (Å²) in [6.07, 6.45) is 1.92. The number of rotatable bonds is 5. The molecule has 0 saturated heterocycles. The summed E-state index contributed by atoms with van der Waals surface area (Å²) < 4.78 is 5.25. The SMILES string of the molecule is CSc1ccc(Cl)c(C(=O)OCc2ccc(C(N)=O)cc2)c1. The molecule has 1 amide bonds. The number of carbonyl (C=O) groups excluding carboxylic acids is 2. The van der Waals surface area contributed by atoms with Crippen LogP contribution in [0.15, 0.2) is 47.4 Å². The van der Waals surface area contributed by atoms with Gasteiger partial charge in [0.2, 0.25) is 5.91 Å². The minimum atomic E-state index is -0.496. The van der Waals surface area contributed by atoms with Gasteiger partial charge in [-0.15, -0.1) is 11.8 Å². The number of ether oxygens (including phenoxy) is 1. The van der Waals surface area contributed by atoms with Gasteiger partial charge in [-0.2, -0.15) is 0 Å². The molecule has 114 valence electrons. The monoisotopic (exact) mass is 335 g/mol.